The van der Waals surface area contributed by atoms with Crippen molar-refractivity contribution in [3.8, 4) is 11.4 Å². The Morgan fingerprint density at radius 3 is 2.88 bits per heavy atom. The summed E-state index contributed by atoms with van der Waals surface area (Å²) in [6.07, 6.45) is 5.56. The molecule has 2 aliphatic rings. The molecule has 4 heterocycles. The van der Waals surface area contributed by atoms with Crippen LogP contribution in [0.5, 0.6) is 0 Å². The fourth-order valence-corrected chi connectivity index (χ4v) is 4.41. The minimum atomic E-state index is -0.225. The molecule has 2 saturated heterocycles. The van der Waals surface area contributed by atoms with E-state index in [1.165, 1.54) is 6.92 Å². The molecule has 2 fully saturated rings. The summed E-state index contributed by atoms with van der Waals surface area (Å²) in [4.78, 5) is 18.6. The summed E-state index contributed by atoms with van der Waals surface area (Å²) in [6.45, 7) is 6.32. The molecule has 0 bridgehead atoms. The van der Waals surface area contributed by atoms with Crippen molar-refractivity contribution >= 4 is 11.7 Å². The van der Waals surface area contributed by atoms with E-state index in [4.69, 9.17) is 19.2 Å². The summed E-state index contributed by atoms with van der Waals surface area (Å²) >= 11 is 0. The number of ether oxygens (including phenoxy) is 3. The first-order chi connectivity index (χ1) is 15.5. The van der Waals surface area contributed by atoms with E-state index in [0.29, 0.717) is 13.2 Å². The Hall–Kier alpha value is -2.52. The molecule has 0 aromatic carbocycles. The van der Waals surface area contributed by atoms with E-state index in [-0.39, 0.29) is 18.4 Å². The lowest BCUT2D eigenvalue weighted by Gasteiger charge is -2.34. The summed E-state index contributed by atoms with van der Waals surface area (Å²) in [6, 6.07) is 4.09. The van der Waals surface area contributed by atoms with Crippen molar-refractivity contribution in [1.29, 1.82) is 0 Å². The second-order valence-electron chi connectivity index (χ2n) is 8.45. The lowest BCUT2D eigenvalue weighted by Crippen LogP contribution is -2.40. The van der Waals surface area contributed by atoms with Gasteiger partial charge in [-0.25, -0.2) is 9.67 Å². The van der Waals surface area contributed by atoms with Crippen molar-refractivity contribution in [3.05, 3.63) is 23.5 Å². The fraction of sp³-hybridized carbons (Fsp3) is 0.652. The molecular weight excluding hydrogens is 410 g/mol. The number of anilines is 1. The average Bonchev–Trinajstić information content (AvgIpc) is 3.18. The molecule has 0 amide bonds. The molecule has 2 aromatic heterocycles. The Morgan fingerprint density at radius 1 is 1.25 bits per heavy atom. The third-order valence-electron chi connectivity index (χ3n) is 6.07. The van der Waals surface area contributed by atoms with Gasteiger partial charge in [0, 0.05) is 27.1 Å². The van der Waals surface area contributed by atoms with Gasteiger partial charge in [-0.3, -0.25) is 4.79 Å². The van der Waals surface area contributed by atoms with Crippen molar-refractivity contribution in [1.82, 2.24) is 20.0 Å². The molecule has 2 aliphatic heterocycles. The van der Waals surface area contributed by atoms with Crippen LogP contribution in [0.1, 0.15) is 57.3 Å². The molecule has 0 aliphatic carbocycles. The molecule has 2 atom stereocenters. The lowest BCUT2D eigenvalue weighted by atomic mass is 10.1. The van der Waals surface area contributed by atoms with Crippen molar-refractivity contribution < 1.29 is 19.0 Å². The van der Waals surface area contributed by atoms with Crippen LogP contribution in [-0.4, -0.2) is 58.0 Å². The van der Waals surface area contributed by atoms with Crippen LogP contribution in [0.4, 0.5) is 5.69 Å². The number of pyridine rings is 1. The Labute approximate surface area is 189 Å². The second kappa shape index (κ2) is 10.4. The van der Waals surface area contributed by atoms with Crippen LogP contribution in [0.25, 0.3) is 11.4 Å². The predicted molar refractivity (Wildman–Crippen MR) is 119 cm³/mol. The molecule has 0 radical (unpaired) electrons. The highest BCUT2D eigenvalue weighted by Crippen LogP contribution is 2.29. The van der Waals surface area contributed by atoms with E-state index in [9.17, 15) is 4.79 Å². The van der Waals surface area contributed by atoms with Crippen molar-refractivity contribution in [3.63, 3.8) is 0 Å². The number of carbonyl (C=O) groups is 1. The molecule has 2 aromatic rings. The lowest BCUT2D eigenvalue weighted by molar-refractivity contribution is -0.169. The first-order valence-corrected chi connectivity index (χ1v) is 11.6. The summed E-state index contributed by atoms with van der Waals surface area (Å²) in [5.41, 5.74) is 4.50. The number of rotatable bonds is 7. The Kier molecular flexibility index (Phi) is 7.36. The predicted octanol–water partition coefficient (Wildman–Crippen LogP) is 3.01. The van der Waals surface area contributed by atoms with Crippen LogP contribution in [0.2, 0.25) is 0 Å². The van der Waals surface area contributed by atoms with Gasteiger partial charge in [0.15, 0.2) is 6.29 Å². The normalized spacial score (nSPS) is 21.5. The van der Waals surface area contributed by atoms with E-state index in [1.807, 2.05) is 13.1 Å². The van der Waals surface area contributed by atoms with Crippen LogP contribution >= 0.6 is 0 Å². The summed E-state index contributed by atoms with van der Waals surface area (Å²) in [5.74, 6) is -0.225. The molecule has 9 nitrogen and oxygen atoms in total. The number of piperidine rings is 1. The van der Waals surface area contributed by atoms with E-state index >= 15 is 0 Å². The highest BCUT2D eigenvalue weighted by Gasteiger charge is 2.25. The zero-order valence-electron chi connectivity index (χ0n) is 19.2. The van der Waals surface area contributed by atoms with Gasteiger partial charge in [-0.2, -0.15) is 0 Å². The molecular formula is C23H33N5O4. The monoisotopic (exact) mass is 443 g/mol. The van der Waals surface area contributed by atoms with Gasteiger partial charge < -0.3 is 19.1 Å². The molecule has 0 saturated carbocycles. The second-order valence-corrected chi connectivity index (χ2v) is 8.45. The van der Waals surface area contributed by atoms with Crippen molar-refractivity contribution in [2.75, 3.05) is 24.6 Å². The number of aryl methyl sites for hydroxylation is 2. The van der Waals surface area contributed by atoms with Crippen LogP contribution in [0, 0.1) is 0 Å². The minimum absolute atomic E-state index is 0.0728. The van der Waals surface area contributed by atoms with Crippen LogP contribution < -0.4 is 4.90 Å². The van der Waals surface area contributed by atoms with Crippen LogP contribution in [-0.2, 0) is 39.1 Å². The van der Waals surface area contributed by atoms with Gasteiger partial charge >= 0.3 is 5.97 Å². The maximum atomic E-state index is 11.4. The van der Waals surface area contributed by atoms with Gasteiger partial charge in [-0.1, -0.05) is 12.1 Å². The van der Waals surface area contributed by atoms with Gasteiger partial charge in [0.1, 0.15) is 11.8 Å². The van der Waals surface area contributed by atoms with Gasteiger partial charge in [0.2, 0.25) is 0 Å². The van der Waals surface area contributed by atoms with E-state index in [0.717, 1.165) is 80.1 Å². The highest BCUT2D eigenvalue weighted by molar-refractivity contribution is 5.66. The standard InChI is InChI=1S/C23H33N5O4/c1-4-18-20(28-12-7-8-17(14-28)32-16(2)29)11-10-19(24-18)23-21(27(3)26-25-23)15-31-22-9-5-6-13-30-22/h10-11,17,22H,4-9,12-15H2,1-3H3/t17-,22?/m1/s1. The van der Waals surface area contributed by atoms with Gasteiger partial charge in [0.25, 0.3) is 0 Å². The molecule has 1 unspecified atom stereocenters. The average molecular weight is 444 g/mol. The molecule has 9 heteroatoms. The first-order valence-electron chi connectivity index (χ1n) is 11.6. The van der Waals surface area contributed by atoms with Crippen LogP contribution in [0.3, 0.4) is 0 Å². The number of esters is 1. The molecule has 174 valence electrons. The Bertz CT molecular complexity index is 925. The number of carbonyl (C=O) groups excluding carboxylic acids is 1. The fourth-order valence-electron chi connectivity index (χ4n) is 4.41. The SMILES string of the molecule is CCc1nc(-c2nnn(C)c2COC2CCCCO2)ccc1N1CCC[C@@H](OC(C)=O)C1. The Balaban J connectivity index is 1.52. The first kappa shape index (κ1) is 22.7. The smallest absolute Gasteiger partial charge is 0.302 e. The summed E-state index contributed by atoms with van der Waals surface area (Å²) in [5, 5.41) is 8.58. The third-order valence-corrected chi connectivity index (χ3v) is 6.07. The molecule has 32 heavy (non-hydrogen) atoms. The van der Waals surface area contributed by atoms with Crippen LogP contribution in [0.15, 0.2) is 12.1 Å². The molecule has 0 spiro atoms. The topological polar surface area (TPSA) is 91.6 Å². The molecule has 4 rings (SSSR count). The third kappa shape index (κ3) is 5.27. The summed E-state index contributed by atoms with van der Waals surface area (Å²) < 4.78 is 18.9. The number of hydrogen-bond acceptors (Lipinski definition) is 8. The number of nitrogens with zero attached hydrogens (tertiary/aromatic N) is 5. The quantitative estimate of drug-likeness (QED) is 0.603. The maximum absolute atomic E-state index is 11.4. The van der Waals surface area contributed by atoms with E-state index in [2.05, 4.69) is 28.2 Å². The maximum Gasteiger partial charge on any atom is 0.302 e. The van der Waals surface area contributed by atoms with Gasteiger partial charge in [-0.05, 0) is 50.7 Å². The Morgan fingerprint density at radius 2 is 2.12 bits per heavy atom. The van der Waals surface area contributed by atoms with Crippen molar-refractivity contribution in [2.45, 2.75) is 71.4 Å². The zero-order chi connectivity index (χ0) is 22.5. The zero-order valence-corrected chi connectivity index (χ0v) is 19.2. The molecule has 0 N–H and O–H groups in total. The van der Waals surface area contributed by atoms with E-state index in [1.54, 1.807) is 4.68 Å². The summed E-state index contributed by atoms with van der Waals surface area (Å²) in [7, 11) is 1.87. The highest BCUT2D eigenvalue weighted by atomic mass is 16.7. The van der Waals surface area contributed by atoms with Gasteiger partial charge in [0.05, 0.1) is 35.9 Å². The largest absolute Gasteiger partial charge is 0.461 e. The number of hydrogen-bond donors (Lipinski definition) is 0. The van der Waals surface area contributed by atoms with Gasteiger partial charge in [-0.15, -0.1) is 5.10 Å². The van der Waals surface area contributed by atoms with Crippen molar-refractivity contribution in [2.24, 2.45) is 7.05 Å². The van der Waals surface area contributed by atoms with E-state index < -0.39 is 0 Å². The minimum Gasteiger partial charge on any atom is -0.461 e. The number of aromatic nitrogens is 4.